The van der Waals surface area contributed by atoms with Crippen molar-refractivity contribution in [2.45, 2.75) is 13.8 Å². The topological polar surface area (TPSA) is 80.5 Å². The van der Waals surface area contributed by atoms with Crippen molar-refractivity contribution < 1.29 is 4.74 Å². The number of hydrogen-bond acceptors (Lipinski definition) is 7. The number of hydrogen-bond donors (Lipinski definition) is 1. The monoisotopic (exact) mass is 429 g/mol. The third-order valence-corrected chi connectivity index (χ3v) is 5.20. The molecule has 0 fully saturated rings. The number of anilines is 1. The first-order chi connectivity index (χ1) is 15.8. The van der Waals surface area contributed by atoms with E-state index in [1.807, 2.05) is 54.6 Å². The normalized spacial score (nSPS) is 11.5. The first kappa shape index (κ1) is 21.5. The number of benzene rings is 2. The zero-order valence-corrected chi connectivity index (χ0v) is 18.3. The molecule has 1 N–H and O–H groups in total. The average molecular weight is 430 g/mol. The number of fused-ring (bicyclic) bond motifs is 1. The molecule has 0 saturated carbocycles. The summed E-state index contributed by atoms with van der Waals surface area (Å²) in [7, 11) is 0. The lowest BCUT2D eigenvalue weighted by Gasteiger charge is -2.17. The van der Waals surface area contributed by atoms with E-state index >= 15 is 0 Å². The van der Waals surface area contributed by atoms with Crippen LogP contribution in [0.5, 0.6) is 5.75 Å². The number of nitrogens with zero attached hydrogens (tertiary/aromatic N) is 6. The molecule has 4 rings (SSSR count). The van der Waals surface area contributed by atoms with Crippen LogP contribution in [-0.4, -0.2) is 57.1 Å². The summed E-state index contributed by atoms with van der Waals surface area (Å²) in [6.45, 7) is 7.99. The van der Waals surface area contributed by atoms with Gasteiger partial charge in [0.2, 0.25) is 0 Å². The molecule has 0 saturated heterocycles. The van der Waals surface area contributed by atoms with Crippen molar-refractivity contribution in [1.82, 2.24) is 24.6 Å². The maximum Gasteiger partial charge on any atom is 0.168 e. The van der Waals surface area contributed by atoms with Crippen LogP contribution < -0.4 is 10.2 Å². The number of aromatic nitrogens is 4. The second-order valence-corrected chi connectivity index (χ2v) is 7.17. The van der Waals surface area contributed by atoms with Gasteiger partial charge in [-0.3, -0.25) is 5.43 Å². The fourth-order valence-corrected chi connectivity index (χ4v) is 3.34. The molecule has 2 aromatic carbocycles. The number of ether oxygens (including phenoxy) is 1. The molecule has 8 heteroatoms. The summed E-state index contributed by atoms with van der Waals surface area (Å²) in [4.78, 5) is 11.0. The van der Waals surface area contributed by atoms with E-state index in [1.54, 1.807) is 17.1 Å². The van der Waals surface area contributed by atoms with Gasteiger partial charge in [-0.25, -0.2) is 14.6 Å². The van der Waals surface area contributed by atoms with E-state index in [9.17, 15) is 0 Å². The molecular formula is C24H27N7O. The molecule has 0 bridgehead atoms. The van der Waals surface area contributed by atoms with Crippen molar-refractivity contribution in [3.05, 3.63) is 72.7 Å². The standard InChI is InChI=1S/C24H27N7O/c1-3-30(4-2)14-15-32-21-12-10-19(11-13-21)16-27-29-23-22-17-28-31(24(22)26-18-25-23)20-8-6-5-7-9-20/h5-13,16-18H,3-4,14-15H2,1-2H3,(H,25,26,29). The van der Waals surface area contributed by atoms with E-state index in [0.29, 0.717) is 12.4 Å². The van der Waals surface area contributed by atoms with Crippen LogP contribution in [0.1, 0.15) is 19.4 Å². The number of para-hydroxylation sites is 1. The number of nitrogens with one attached hydrogen (secondary N) is 1. The van der Waals surface area contributed by atoms with E-state index in [2.05, 4.69) is 44.3 Å². The highest BCUT2D eigenvalue weighted by Gasteiger charge is 2.10. The third kappa shape index (κ3) is 5.09. The lowest BCUT2D eigenvalue weighted by atomic mass is 10.2. The summed E-state index contributed by atoms with van der Waals surface area (Å²) < 4.78 is 7.61. The summed E-state index contributed by atoms with van der Waals surface area (Å²) in [6.07, 6.45) is 4.99. The van der Waals surface area contributed by atoms with E-state index in [1.165, 1.54) is 6.33 Å². The molecule has 0 atom stereocenters. The van der Waals surface area contributed by atoms with Gasteiger partial charge in [0.05, 0.1) is 23.5 Å². The van der Waals surface area contributed by atoms with Gasteiger partial charge in [-0.1, -0.05) is 32.0 Å². The molecule has 0 spiro atoms. The number of hydrazone groups is 1. The van der Waals surface area contributed by atoms with E-state index in [4.69, 9.17) is 4.74 Å². The van der Waals surface area contributed by atoms with Crippen molar-refractivity contribution in [1.29, 1.82) is 0 Å². The molecule has 0 aliphatic heterocycles. The molecule has 4 aromatic rings. The average Bonchev–Trinajstić information content (AvgIpc) is 3.28. The third-order valence-electron chi connectivity index (χ3n) is 5.20. The minimum Gasteiger partial charge on any atom is -0.492 e. The van der Waals surface area contributed by atoms with Gasteiger partial charge in [0.15, 0.2) is 11.5 Å². The second kappa shape index (κ2) is 10.5. The fraction of sp³-hybridized carbons (Fsp3) is 0.250. The van der Waals surface area contributed by atoms with Crippen molar-refractivity contribution in [2.75, 3.05) is 31.7 Å². The van der Waals surface area contributed by atoms with E-state index < -0.39 is 0 Å². The minimum absolute atomic E-state index is 0.602. The van der Waals surface area contributed by atoms with Gasteiger partial charge in [0.1, 0.15) is 18.7 Å². The van der Waals surface area contributed by atoms with Crippen molar-refractivity contribution in [3.8, 4) is 11.4 Å². The quantitative estimate of drug-likeness (QED) is 0.303. The van der Waals surface area contributed by atoms with Crippen LogP contribution in [0.25, 0.3) is 16.7 Å². The Bertz CT molecular complexity index is 1150. The molecule has 2 aromatic heterocycles. The van der Waals surface area contributed by atoms with Gasteiger partial charge >= 0.3 is 0 Å². The van der Waals surface area contributed by atoms with Crippen LogP contribution >= 0.6 is 0 Å². The van der Waals surface area contributed by atoms with Gasteiger partial charge in [0, 0.05) is 6.54 Å². The molecule has 2 heterocycles. The molecule has 8 nitrogen and oxygen atoms in total. The second-order valence-electron chi connectivity index (χ2n) is 7.17. The van der Waals surface area contributed by atoms with Crippen LogP contribution in [0, 0.1) is 0 Å². The fourth-order valence-electron chi connectivity index (χ4n) is 3.34. The Morgan fingerprint density at radius 1 is 1.03 bits per heavy atom. The first-order valence-corrected chi connectivity index (χ1v) is 10.8. The van der Waals surface area contributed by atoms with E-state index in [-0.39, 0.29) is 0 Å². The van der Waals surface area contributed by atoms with Gasteiger partial charge in [-0.15, -0.1) is 0 Å². The first-order valence-electron chi connectivity index (χ1n) is 10.8. The van der Waals surface area contributed by atoms with Gasteiger partial charge in [-0.2, -0.15) is 10.2 Å². The van der Waals surface area contributed by atoms with Crippen LogP contribution in [-0.2, 0) is 0 Å². The SMILES string of the molecule is CCN(CC)CCOc1ccc(C=NNc2ncnc3c2cnn3-c2ccccc2)cc1. The zero-order valence-electron chi connectivity index (χ0n) is 18.3. The molecule has 0 amide bonds. The van der Waals surface area contributed by atoms with Gasteiger partial charge < -0.3 is 9.64 Å². The molecular weight excluding hydrogens is 402 g/mol. The minimum atomic E-state index is 0.602. The lowest BCUT2D eigenvalue weighted by molar-refractivity contribution is 0.223. The highest BCUT2D eigenvalue weighted by atomic mass is 16.5. The largest absolute Gasteiger partial charge is 0.492 e. The summed E-state index contributed by atoms with van der Waals surface area (Å²) in [6, 6.07) is 17.7. The summed E-state index contributed by atoms with van der Waals surface area (Å²) in [5, 5.41) is 9.58. The van der Waals surface area contributed by atoms with Crippen LogP contribution in [0.2, 0.25) is 0 Å². The number of likely N-dealkylation sites (N-methyl/N-ethyl adjacent to an activating group) is 1. The van der Waals surface area contributed by atoms with Crippen LogP contribution in [0.15, 0.2) is 72.2 Å². The molecule has 32 heavy (non-hydrogen) atoms. The summed E-state index contributed by atoms with van der Waals surface area (Å²) in [5.41, 5.74) is 5.62. The highest BCUT2D eigenvalue weighted by Crippen LogP contribution is 2.21. The molecule has 164 valence electrons. The Morgan fingerprint density at radius 3 is 2.56 bits per heavy atom. The van der Waals surface area contributed by atoms with Gasteiger partial charge in [-0.05, 0) is 55.1 Å². The Balaban J connectivity index is 1.38. The number of rotatable bonds is 10. The molecule has 0 aliphatic carbocycles. The molecule has 0 radical (unpaired) electrons. The van der Waals surface area contributed by atoms with E-state index in [0.717, 1.165) is 47.7 Å². The smallest absolute Gasteiger partial charge is 0.168 e. The maximum absolute atomic E-state index is 5.83. The summed E-state index contributed by atoms with van der Waals surface area (Å²) in [5.74, 6) is 1.46. The predicted molar refractivity (Wildman–Crippen MR) is 128 cm³/mol. The molecule has 0 unspecified atom stereocenters. The highest BCUT2D eigenvalue weighted by molar-refractivity contribution is 5.88. The van der Waals surface area contributed by atoms with Crippen molar-refractivity contribution in [3.63, 3.8) is 0 Å². The predicted octanol–water partition coefficient (Wildman–Crippen LogP) is 3.98. The Labute approximate surface area is 187 Å². The van der Waals surface area contributed by atoms with Crippen LogP contribution in [0.4, 0.5) is 5.82 Å². The Kier molecular flexibility index (Phi) is 7.04. The zero-order chi connectivity index (χ0) is 22.2. The summed E-state index contributed by atoms with van der Waals surface area (Å²) >= 11 is 0. The van der Waals surface area contributed by atoms with Crippen molar-refractivity contribution >= 4 is 23.1 Å². The Hall–Kier alpha value is -3.78. The van der Waals surface area contributed by atoms with Crippen LogP contribution in [0.3, 0.4) is 0 Å². The lowest BCUT2D eigenvalue weighted by Crippen LogP contribution is -2.27. The molecule has 0 aliphatic rings. The van der Waals surface area contributed by atoms with Gasteiger partial charge in [0.25, 0.3) is 0 Å². The van der Waals surface area contributed by atoms with Crippen molar-refractivity contribution in [2.24, 2.45) is 5.10 Å². The maximum atomic E-state index is 5.83. The Morgan fingerprint density at radius 2 is 1.81 bits per heavy atom.